The third kappa shape index (κ3) is 7.94. The highest BCUT2D eigenvalue weighted by molar-refractivity contribution is 14.0. The summed E-state index contributed by atoms with van der Waals surface area (Å²) in [5.41, 5.74) is 0.123. The molecule has 1 fully saturated rings. The molecule has 0 unspecified atom stereocenters. The molecule has 1 aromatic heterocycles. The Kier molecular flexibility index (Phi) is 10.4. The van der Waals surface area contributed by atoms with Crippen LogP contribution in [-0.4, -0.2) is 58.9 Å². The van der Waals surface area contributed by atoms with Crippen LogP contribution in [0.4, 0.5) is 0 Å². The number of aliphatic imine (C=N–C) groups is 1. The van der Waals surface area contributed by atoms with Gasteiger partial charge in [0.2, 0.25) is 0 Å². The predicted molar refractivity (Wildman–Crippen MR) is 116 cm³/mol. The Morgan fingerprint density at radius 2 is 1.96 bits per heavy atom. The van der Waals surface area contributed by atoms with Gasteiger partial charge in [-0.15, -0.1) is 24.0 Å². The monoisotopic (exact) mass is 462 g/mol. The van der Waals surface area contributed by atoms with E-state index < -0.39 is 0 Å². The summed E-state index contributed by atoms with van der Waals surface area (Å²) in [6.45, 7) is 12.7. The molecule has 2 heterocycles. The first kappa shape index (κ1) is 22.2. The van der Waals surface area contributed by atoms with E-state index in [1.807, 2.05) is 23.1 Å². The van der Waals surface area contributed by atoms with Crippen LogP contribution < -0.4 is 10.6 Å². The van der Waals surface area contributed by atoms with Crippen LogP contribution in [0.5, 0.6) is 0 Å². The van der Waals surface area contributed by atoms with Crippen LogP contribution in [0.1, 0.15) is 46.5 Å². The summed E-state index contributed by atoms with van der Waals surface area (Å²) in [6, 6.07) is 1.96. The van der Waals surface area contributed by atoms with E-state index in [0.717, 1.165) is 38.6 Å². The minimum absolute atomic E-state index is 0. The fourth-order valence-corrected chi connectivity index (χ4v) is 3.09. The number of aromatic nitrogens is 2. The standard InChI is InChI=1S/C18H34N6.HI/c1-4-19-17(20-10-8-14-24-15-9-11-22-24)21-16-18(2,3)23-12-6-5-7-13-23;/h9,11,15H,4-8,10,12-14,16H2,1-3H3,(H2,19,20,21);1H. The fraction of sp³-hybridized carbons (Fsp3) is 0.778. The molecule has 2 N–H and O–H groups in total. The van der Waals surface area contributed by atoms with Gasteiger partial charge in [-0.2, -0.15) is 5.10 Å². The molecule has 0 spiro atoms. The zero-order chi connectivity index (χ0) is 17.3. The maximum absolute atomic E-state index is 4.83. The molecule has 0 radical (unpaired) electrons. The molecule has 7 heteroatoms. The third-order valence-corrected chi connectivity index (χ3v) is 4.60. The van der Waals surface area contributed by atoms with Crippen molar-refractivity contribution in [3.63, 3.8) is 0 Å². The van der Waals surface area contributed by atoms with Crippen molar-refractivity contribution < 1.29 is 0 Å². The van der Waals surface area contributed by atoms with E-state index in [1.165, 1.54) is 32.4 Å². The maximum Gasteiger partial charge on any atom is 0.191 e. The van der Waals surface area contributed by atoms with E-state index in [-0.39, 0.29) is 29.5 Å². The van der Waals surface area contributed by atoms with Crippen molar-refractivity contribution in [1.29, 1.82) is 0 Å². The molecule has 0 aromatic carbocycles. The number of likely N-dealkylation sites (tertiary alicyclic amines) is 1. The fourth-order valence-electron chi connectivity index (χ4n) is 3.09. The predicted octanol–water partition coefficient (Wildman–Crippen LogP) is 2.71. The molecule has 0 amide bonds. The Bertz CT molecular complexity index is 480. The summed E-state index contributed by atoms with van der Waals surface area (Å²) in [5, 5.41) is 11.0. The molecular weight excluding hydrogens is 427 g/mol. The number of guanidine groups is 1. The first-order valence-corrected chi connectivity index (χ1v) is 9.36. The van der Waals surface area contributed by atoms with Crippen LogP contribution in [0.3, 0.4) is 0 Å². The van der Waals surface area contributed by atoms with Gasteiger partial charge in [-0.05, 0) is 59.2 Å². The van der Waals surface area contributed by atoms with Crippen molar-refractivity contribution in [3.8, 4) is 0 Å². The number of hydrogen-bond donors (Lipinski definition) is 2. The van der Waals surface area contributed by atoms with E-state index >= 15 is 0 Å². The molecule has 2 rings (SSSR count). The summed E-state index contributed by atoms with van der Waals surface area (Å²) >= 11 is 0. The molecule has 1 aliphatic rings. The molecule has 6 nitrogen and oxygen atoms in total. The van der Waals surface area contributed by atoms with Gasteiger partial charge in [0.25, 0.3) is 0 Å². The zero-order valence-corrected chi connectivity index (χ0v) is 18.3. The van der Waals surface area contributed by atoms with Crippen LogP contribution in [-0.2, 0) is 6.54 Å². The minimum Gasteiger partial charge on any atom is -0.357 e. The highest BCUT2D eigenvalue weighted by Crippen LogP contribution is 2.20. The lowest BCUT2D eigenvalue weighted by Gasteiger charge is -2.40. The Morgan fingerprint density at radius 3 is 2.60 bits per heavy atom. The summed E-state index contributed by atoms with van der Waals surface area (Å²) in [6.07, 6.45) is 8.86. The normalized spacial score (nSPS) is 16.4. The minimum atomic E-state index is 0. The van der Waals surface area contributed by atoms with Gasteiger partial charge in [0.1, 0.15) is 0 Å². The smallest absolute Gasteiger partial charge is 0.191 e. The lowest BCUT2D eigenvalue weighted by atomic mass is 9.99. The number of hydrogen-bond acceptors (Lipinski definition) is 3. The van der Waals surface area contributed by atoms with E-state index in [4.69, 9.17) is 4.99 Å². The van der Waals surface area contributed by atoms with Crippen LogP contribution in [0.25, 0.3) is 0 Å². The van der Waals surface area contributed by atoms with Crippen molar-refractivity contribution in [1.82, 2.24) is 25.3 Å². The second kappa shape index (κ2) is 11.7. The van der Waals surface area contributed by atoms with Gasteiger partial charge in [0.05, 0.1) is 6.54 Å². The van der Waals surface area contributed by atoms with Crippen molar-refractivity contribution in [2.24, 2.45) is 4.99 Å². The van der Waals surface area contributed by atoms with Crippen molar-refractivity contribution in [2.75, 3.05) is 32.7 Å². The van der Waals surface area contributed by atoms with Crippen molar-refractivity contribution >= 4 is 29.9 Å². The number of piperidine rings is 1. The Labute approximate surface area is 169 Å². The average molecular weight is 462 g/mol. The molecule has 0 aliphatic carbocycles. The summed E-state index contributed by atoms with van der Waals surface area (Å²) in [4.78, 5) is 7.41. The first-order chi connectivity index (χ1) is 11.6. The Morgan fingerprint density at radius 1 is 1.20 bits per heavy atom. The molecule has 0 saturated carbocycles. The van der Waals surface area contributed by atoms with Gasteiger partial charge in [-0.3, -0.25) is 14.6 Å². The molecule has 1 aromatic rings. The highest BCUT2D eigenvalue weighted by Gasteiger charge is 2.27. The number of nitrogens with one attached hydrogen (secondary N) is 2. The van der Waals surface area contributed by atoms with Gasteiger partial charge >= 0.3 is 0 Å². The SMILES string of the molecule is CCNC(=NCC(C)(C)N1CCCCC1)NCCCn1cccn1.I. The topological polar surface area (TPSA) is 57.5 Å². The lowest BCUT2D eigenvalue weighted by molar-refractivity contribution is 0.102. The van der Waals surface area contributed by atoms with Crippen LogP contribution >= 0.6 is 24.0 Å². The average Bonchev–Trinajstić information content (AvgIpc) is 3.11. The van der Waals surface area contributed by atoms with Crippen LogP contribution in [0, 0.1) is 0 Å². The molecule has 0 bridgehead atoms. The lowest BCUT2D eigenvalue weighted by Crippen LogP contribution is -2.49. The second-order valence-electron chi connectivity index (χ2n) is 7.10. The summed E-state index contributed by atoms with van der Waals surface area (Å²) in [5.74, 6) is 0.919. The Balaban J connectivity index is 0.00000312. The van der Waals surface area contributed by atoms with Crippen LogP contribution in [0.15, 0.2) is 23.5 Å². The highest BCUT2D eigenvalue weighted by atomic mass is 127. The summed E-state index contributed by atoms with van der Waals surface area (Å²) < 4.78 is 1.96. The quantitative estimate of drug-likeness (QED) is 0.270. The molecule has 1 saturated heterocycles. The zero-order valence-electron chi connectivity index (χ0n) is 16.0. The third-order valence-electron chi connectivity index (χ3n) is 4.60. The molecule has 1 aliphatic heterocycles. The Hall–Kier alpha value is -0.830. The van der Waals surface area contributed by atoms with Gasteiger partial charge in [0.15, 0.2) is 5.96 Å². The van der Waals surface area contributed by atoms with Gasteiger partial charge in [-0.1, -0.05) is 6.42 Å². The maximum atomic E-state index is 4.83. The van der Waals surface area contributed by atoms with E-state index in [9.17, 15) is 0 Å². The summed E-state index contributed by atoms with van der Waals surface area (Å²) in [7, 11) is 0. The molecule has 0 atom stereocenters. The van der Waals surface area contributed by atoms with E-state index in [2.05, 4.69) is 41.4 Å². The van der Waals surface area contributed by atoms with Gasteiger partial charge < -0.3 is 10.6 Å². The number of halogens is 1. The molecule has 144 valence electrons. The van der Waals surface area contributed by atoms with E-state index in [1.54, 1.807) is 0 Å². The van der Waals surface area contributed by atoms with Crippen LogP contribution in [0.2, 0.25) is 0 Å². The number of rotatable bonds is 8. The van der Waals surface area contributed by atoms with Gasteiger partial charge in [0, 0.05) is 37.6 Å². The number of nitrogens with zero attached hydrogens (tertiary/aromatic N) is 4. The van der Waals surface area contributed by atoms with Crippen molar-refractivity contribution in [2.45, 2.75) is 58.5 Å². The second-order valence-corrected chi connectivity index (χ2v) is 7.10. The largest absolute Gasteiger partial charge is 0.357 e. The van der Waals surface area contributed by atoms with Gasteiger partial charge in [-0.25, -0.2) is 0 Å². The molecule has 25 heavy (non-hydrogen) atoms. The number of aryl methyl sites for hydroxylation is 1. The van der Waals surface area contributed by atoms with Crippen molar-refractivity contribution in [3.05, 3.63) is 18.5 Å². The first-order valence-electron chi connectivity index (χ1n) is 9.36. The molecular formula is C18H35IN6. The van der Waals surface area contributed by atoms with E-state index in [0.29, 0.717) is 0 Å².